The number of nitrogens with one attached hydrogen (secondary N) is 1. The molecule has 0 bridgehead atoms. The van der Waals surface area contributed by atoms with E-state index in [9.17, 15) is 10.0 Å². The van der Waals surface area contributed by atoms with Gasteiger partial charge in [-0.05, 0) is 24.1 Å². The summed E-state index contributed by atoms with van der Waals surface area (Å²) >= 11 is 0. The van der Waals surface area contributed by atoms with Gasteiger partial charge in [0.15, 0.2) is 12.2 Å². The molecule has 0 saturated heterocycles. The van der Waals surface area contributed by atoms with Crippen LogP contribution in [0.25, 0.3) is 6.08 Å². The Balaban J connectivity index is 1.63. The SMILES string of the molecule is O=C(C[N+]1([O-])NCC=Cc2ccccc21)N1CCc2ccccc21. The van der Waals surface area contributed by atoms with E-state index >= 15 is 0 Å². The first-order valence-electron chi connectivity index (χ1n) is 8.16. The van der Waals surface area contributed by atoms with Gasteiger partial charge in [-0.3, -0.25) is 4.79 Å². The predicted molar refractivity (Wildman–Crippen MR) is 96.0 cm³/mol. The van der Waals surface area contributed by atoms with Crippen molar-refractivity contribution in [3.05, 3.63) is 70.9 Å². The highest BCUT2D eigenvalue weighted by molar-refractivity contribution is 5.98. The van der Waals surface area contributed by atoms with E-state index in [1.54, 1.807) is 11.0 Å². The molecule has 1 unspecified atom stereocenters. The standard InChI is InChI=1S/C19H19N3O2/c23-19(21-13-11-15-6-1-3-9-17(15)21)14-22(24)18-10-4-2-7-16(18)8-5-12-20-22/h1-10,20H,11-14H2. The van der Waals surface area contributed by atoms with Crippen LogP contribution in [0.15, 0.2) is 54.6 Å². The lowest BCUT2D eigenvalue weighted by atomic mass is 10.1. The van der Waals surface area contributed by atoms with Gasteiger partial charge in [0.1, 0.15) is 0 Å². The van der Waals surface area contributed by atoms with Crippen LogP contribution in [-0.4, -0.2) is 25.5 Å². The Bertz CT molecular complexity index is 818. The number of fused-ring (bicyclic) bond motifs is 2. The van der Waals surface area contributed by atoms with Crippen LogP contribution in [0.3, 0.4) is 0 Å². The van der Waals surface area contributed by atoms with Crippen LogP contribution in [0.1, 0.15) is 11.1 Å². The van der Waals surface area contributed by atoms with Crippen molar-refractivity contribution in [2.45, 2.75) is 6.42 Å². The summed E-state index contributed by atoms with van der Waals surface area (Å²) in [5.41, 5.74) is 6.46. The van der Waals surface area contributed by atoms with Gasteiger partial charge < -0.3 is 10.1 Å². The molecule has 122 valence electrons. The number of carbonyl (C=O) groups excluding carboxylic acids is 1. The van der Waals surface area contributed by atoms with Gasteiger partial charge in [0.2, 0.25) is 0 Å². The van der Waals surface area contributed by atoms with Crippen molar-refractivity contribution < 1.29 is 4.79 Å². The van der Waals surface area contributed by atoms with Gasteiger partial charge in [-0.1, -0.05) is 42.5 Å². The van der Waals surface area contributed by atoms with Gasteiger partial charge in [-0.2, -0.15) is 5.43 Å². The van der Waals surface area contributed by atoms with E-state index in [0.29, 0.717) is 18.8 Å². The third kappa shape index (κ3) is 2.53. The highest BCUT2D eigenvalue weighted by Crippen LogP contribution is 2.30. The second-order valence-electron chi connectivity index (χ2n) is 6.15. The number of amides is 1. The maximum absolute atomic E-state index is 13.4. The molecule has 5 nitrogen and oxygen atoms in total. The lowest BCUT2D eigenvalue weighted by Crippen LogP contribution is -2.59. The Morgan fingerprint density at radius 3 is 2.88 bits per heavy atom. The molecule has 0 saturated carbocycles. The Morgan fingerprint density at radius 1 is 1.17 bits per heavy atom. The fraction of sp³-hybridized carbons (Fsp3) is 0.211. The molecule has 0 fully saturated rings. The molecule has 0 aromatic heterocycles. The third-order valence-electron chi connectivity index (χ3n) is 4.63. The Labute approximate surface area is 141 Å². The summed E-state index contributed by atoms with van der Waals surface area (Å²) < 4.78 is -0.833. The van der Waals surface area contributed by atoms with E-state index in [4.69, 9.17) is 0 Å². The molecule has 0 spiro atoms. The highest BCUT2D eigenvalue weighted by atomic mass is 16.6. The van der Waals surface area contributed by atoms with Gasteiger partial charge in [-0.25, -0.2) is 4.76 Å². The largest absolute Gasteiger partial charge is 0.606 e. The van der Waals surface area contributed by atoms with Crippen LogP contribution in [-0.2, 0) is 11.2 Å². The number of quaternary nitrogens is 1. The molecule has 2 aliphatic heterocycles. The molecule has 0 aliphatic carbocycles. The molecule has 2 aromatic rings. The van der Waals surface area contributed by atoms with Crippen molar-refractivity contribution in [2.75, 3.05) is 24.5 Å². The Hall–Kier alpha value is -2.47. The Morgan fingerprint density at radius 2 is 1.96 bits per heavy atom. The maximum atomic E-state index is 13.4. The summed E-state index contributed by atoms with van der Waals surface area (Å²) in [6.45, 7) is 0.910. The van der Waals surface area contributed by atoms with Gasteiger partial charge in [-0.15, -0.1) is 0 Å². The molecule has 1 N–H and O–H groups in total. The molecule has 2 aliphatic rings. The first-order chi connectivity index (χ1) is 11.7. The quantitative estimate of drug-likeness (QED) is 0.683. The van der Waals surface area contributed by atoms with Crippen LogP contribution in [0.4, 0.5) is 11.4 Å². The first-order valence-corrected chi connectivity index (χ1v) is 8.16. The molecule has 2 aromatic carbocycles. The topological polar surface area (TPSA) is 55.4 Å². The van der Waals surface area contributed by atoms with Crippen LogP contribution < -0.4 is 15.1 Å². The molecule has 2 heterocycles. The summed E-state index contributed by atoms with van der Waals surface area (Å²) in [7, 11) is 0. The number of nitrogens with zero attached hydrogens (tertiary/aromatic N) is 2. The maximum Gasteiger partial charge on any atom is 0.284 e. The minimum absolute atomic E-state index is 0.154. The van der Waals surface area contributed by atoms with E-state index in [1.165, 1.54) is 0 Å². The lowest BCUT2D eigenvalue weighted by Gasteiger charge is -2.41. The third-order valence-corrected chi connectivity index (χ3v) is 4.63. The van der Waals surface area contributed by atoms with Crippen LogP contribution >= 0.6 is 0 Å². The molecule has 0 radical (unpaired) electrons. The highest BCUT2D eigenvalue weighted by Gasteiger charge is 2.33. The van der Waals surface area contributed by atoms with Crippen molar-refractivity contribution in [3.63, 3.8) is 0 Å². The van der Waals surface area contributed by atoms with Crippen molar-refractivity contribution in [2.24, 2.45) is 0 Å². The minimum Gasteiger partial charge on any atom is -0.606 e. The van der Waals surface area contributed by atoms with Gasteiger partial charge in [0.25, 0.3) is 5.91 Å². The molecule has 4 rings (SSSR count). The Kier molecular flexibility index (Phi) is 3.69. The van der Waals surface area contributed by atoms with Crippen molar-refractivity contribution in [1.29, 1.82) is 0 Å². The average molecular weight is 321 g/mol. The number of hydroxylamine groups is 1. The number of anilines is 1. The van der Waals surface area contributed by atoms with E-state index in [2.05, 4.69) is 5.43 Å². The molecule has 24 heavy (non-hydrogen) atoms. The van der Waals surface area contributed by atoms with E-state index in [0.717, 1.165) is 23.2 Å². The molecule has 1 atom stereocenters. The minimum atomic E-state index is -0.833. The van der Waals surface area contributed by atoms with Crippen molar-refractivity contribution >= 4 is 23.4 Å². The predicted octanol–water partition coefficient (Wildman–Crippen LogP) is 2.61. The second-order valence-corrected chi connectivity index (χ2v) is 6.15. The van der Waals surface area contributed by atoms with Gasteiger partial charge in [0.05, 0.1) is 6.54 Å². The monoisotopic (exact) mass is 321 g/mol. The number of hydrogen-bond acceptors (Lipinski definition) is 3. The molecular formula is C19H19N3O2. The van der Waals surface area contributed by atoms with Crippen molar-refractivity contribution in [1.82, 2.24) is 10.2 Å². The van der Waals surface area contributed by atoms with Crippen LogP contribution in [0.5, 0.6) is 0 Å². The van der Waals surface area contributed by atoms with Gasteiger partial charge >= 0.3 is 0 Å². The summed E-state index contributed by atoms with van der Waals surface area (Å²) in [6, 6.07) is 15.3. The number of benzene rings is 2. The summed E-state index contributed by atoms with van der Waals surface area (Å²) in [4.78, 5) is 14.6. The molecular weight excluding hydrogens is 302 g/mol. The van der Waals surface area contributed by atoms with E-state index < -0.39 is 4.76 Å². The van der Waals surface area contributed by atoms with Crippen molar-refractivity contribution in [3.8, 4) is 0 Å². The molecule has 1 amide bonds. The number of para-hydroxylation sites is 2. The summed E-state index contributed by atoms with van der Waals surface area (Å²) in [5, 5.41) is 13.4. The smallest absolute Gasteiger partial charge is 0.284 e. The zero-order valence-corrected chi connectivity index (χ0v) is 13.3. The second kappa shape index (κ2) is 5.87. The normalized spacial score (nSPS) is 22.0. The van der Waals surface area contributed by atoms with Gasteiger partial charge in [0, 0.05) is 23.9 Å². The fourth-order valence-corrected chi connectivity index (χ4v) is 3.44. The summed E-state index contributed by atoms with van der Waals surface area (Å²) in [6.07, 6.45) is 4.68. The van der Waals surface area contributed by atoms with E-state index in [-0.39, 0.29) is 12.5 Å². The number of rotatable bonds is 2. The fourth-order valence-electron chi connectivity index (χ4n) is 3.44. The van der Waals surface area contributed by atoms with E-state index in [1.807, 2.05) is 54.6 Å². The zero-order valence-electron chi connectivity index (χ0n) is 13.3. The zero-order chi connectivity index (χ0) is 16.6. The van der Waals surface area contributed by atoms with Crippen LogP contribution in [0, 0.1) is 5.21 Å². The molecule has 5 heteroatoms. The lowest BCUT2D eigenvalue weighted by molar-refractivity contribution is -0.119. The summed E-state index contributed by atoms with van der Waals surface area (Å²) in [5.74, 6) is -0.154. The number of hydrogen-bond donors (Lipinski definition) is 1. The average Bonchev–Trinajstić information content (AvgIpc) is 2.96. The van der Waals surface area contributed by atoms with Crippen LogP contribution in [0.2, 0.25) is 0 Å². The first kappa shape index (κ1) is 15.1. The number of carbonyl (C=O) groups is 1.